The molecule has 0 bridgehead atoms. The Bertz CT molecular complexity index is 1180. The van der Waals surface area contributed by atoms with Gasteiger partial charge in [0.1, 0.15) is 24.2 Å². The van der Waals surface area contributed by atoms with Gasteiger partial charge in [0.15, 0.2) is 0 Å². The molecule has 9 heteroatoms. The highest BCUT2D eigenvalue weighted by molar-refractivity contribution is 5.94. The van der Waals surface area contributed by atoms with Crippen molar-refractivity contribution in [3.63, 3.8) is 0 Å². The molecule has 0 saturated heterocycles. The monoisotopic (exact) mass is 521 g/mol. The molecule has 0 saturated carbocycles. The number of terminal acetylenes is 1. The van der Waals surface area contributed by atoms with Gasteiger partial charge in [-0.05, 0) is 45.7 Å². The highest BCUT2D eigenvalue weighted by atomic mass is 16.6. The molecule has 0 aliphatic rings. The number of nitrogens with zero attached hydrogens (tertiary/aromatic N) is 1. The highest BCUT2D eigenvalue weighted by Gasteiger charge is 2.36. The zero-order valence-electron chi connectivity index (χ0n) is 22.7. The number of aryl methyl sites for hydroxylation is 2. The first-order valence-electron chi connectivity index (χ1n) is 12.1. The topological polar surface area (TPSA) is 114 Å². The van der Waals surface area contributed by atoms with Crippen LogP contribution in [0.1, 0.15) is 49.1 Å². The van der Waals surface area contributed by atoms with Crippen LogP contribution in [0.4, 0.5) is 4.79 Å². The van der Waals surface area contributed by atoms with E-state index in [-0.39, 0.29) is 6.42 Å². The molecule has 3 amide bonds. The summed E-state index contributed by atoms with van der Waals surface area (Å²) >= 11 is 0. The van der Waals surface area contributed by atoms with Gasteiger partial charge in [-0.3, -0.25) is 19.3 Å². The Balaban J connectivity index is 2.50. The van der Waals surface area contributed by atoms with E-state index in [0.29, 0.717) is 5.56 Å². The van der Waals surface area contributed by atoms with Crippen LogP contribution in [-0.4, -0.2) is 54.1 Å². The average Bonchev–Trinajstić information content (AvgIpc) is 2.83. The minimum Gasteiger partial charge on any atom is -0.468 e. The molecule has 202 valence electrons. The number of carbonyl (C=O) groups excluding carboxylic acids is 4. The predicted molar refractivity (Wildman–Crippen MR) is 143 cm³/mol. The van der Waals surface area contributed by atoms with E-state index in [1.54, 1.807) is 32.9 Å². The number of amides is 3. The third kappa shape index (κ3) is 8.96. The van der Waals surface area contributed by atoms with E-state index in [9.17, 15) is 19.2 Å². The molecule has 38 heavy (non-hydrogen) atoms. The molecule has 0 aliphatic carbocycles. The number of hydrogen-bond acceptors (Lipinski definition) is 6. The van der Waals surface area contributed by atoms with Crippen LogP contribution >= 0.6 is 0 Å². The summed E-state index contributed by atoms with van der Waals surface area (Å²) in [5, 5.41) is 5.10. The van der Waals surface area contributed by atoms with E-state index < -0.39 is 48.1 Å². The second-order valence-electron chi connectivity index (χ2n) is 9.84. The molecule has 2 aromatic carbocycles. The van der Waals surface area contributed by atoms with Gasteiger partial charge in [-0.15, -0.1) is 0 Å². The summed E-state index contributed by atoms with van der Waals surface area (Å²) in [5.41, 5.74) is 2.11. The summed E-state index contributed by atoms with van der Waals surface area (Å²) in [7, 11) is 1.20. The van der Waals surface area contributed by atoms with E-state index in [0.717, 1.165) is 21.6 Å². The Hall–Kier alpha value is -4.32. The minimum absolute atomic E-state index is 0.0977. The summed E-state index contributed by atoms with van der Waals surface area (Å²) in [5.74, 6) is -2.04. The fourth-order valence-corrected chi connectivity index (χ4v) is 3.85. The lowest BCUT2D eigenvalue weighted by molar-refractivity contribution is -0.142. The van der Waals surface area contributed by atoms with Crippen molar-refractivity contribution in [3.8, 4) is 12.5 Å². The molecule has 0 aromatic heterocycles. The van der Waals surface area contributed by atoms with Crippen LogP contribution in [0.3, 0.4) is 0 Å². The van der Waals surface area contributed by atoms with Crippen LogP contribution in [0, 0.1) is 26.3 Å². The Morgan fingerprint density at radius 3 is 2.16 bits per heavy atom. The first kappa shape index (κ1) is 29.9. The maximum atomic E-state index is 13.9. The zero-order chi connectivity index (χ0) is 28.5. The van der Waals surface area contributed by atoms with Crippen molar-refractivity contribution < 1.29 is 28.7 Å². The first-order chi connectivity index (χ1) is 17.8. The van der Waals surface area contributed by atoms with Gasteiger partial charge in [0.25, 0.3) is 5.91 Å². The second-order valence-corrected chi connectivity index (χ2v) is 9.84. The van der Waals surface area contributed by atoms with Crippen LogP contribution in [0.2, 0.25) is 0 Å². The Morgan fingerprint density at radius 2 is 1.63 bits per heavy atom. The van der Waals surface area contributed by atoms with Gasteiger partial charge in [0, 0.05) is 12.5 Å². The quantitative estimate of drug-likeness (QED) is 0.298. The van der Waals surface area contributed by atoms with Crippen molar-refractivity contribution in [2.75, 3.05) is 13.7 Å². The second kappa shape index (κ2) is 13.3. The van der Waals surface area contributed by atoms with Gasteiger partial charge in [0.05, 0.1) is 7.11 Å². The molecule has 0 radical (unpaired) electrons. The summed E-state index contributed by atoms with van der Waals surface area (Å²) in [4.78, 5) is 52.5. The normalized spacial score (nSPS) is 12.3. The molecular weight excluding hydrogens is 486 g/mol. The van der Waals surface area contributed by atoms with Crippen LogP contribution in [0.5, 0.6) is 0 Å². The third-order valence-corrected chi connectivity index (χ3v) is 5.35. The highest BCUT2D eigenvalue weighted by Crippen LogP contribution is 2.25. The number of carbonyl (C=O) groups is 4. The first-order valence-corrected chi connectivity index (χ1v) is 12.1. The van der Waals surface area contributed by atoms with Crippen molar-refractivity contribution in [1.82, 2.24) is 15.5 Å². The largest absolute Gasteiger partial charge is 0.468 e. The number of rotatable bonds is 9. The molecular formula is C29H35N3O6. The van der Waals surface area contributed by atoms with E-state index in [1.165, 1.54) is 7.11 Å². The van der Waals surface area contributed by atoms with Crippen LogP contribution in [-0.2, 0) is 30.3 Å². The smallest absolute Gasteiger partial charge is 0.408 e. The van der Waals surface area contributed by atoms with Crippen molar-refractivity contribution in [2.45, 2.75) is 58.7 Å². The number of methoxy groups -OCH3 is 1. The van der Waals surface area contributed by atoms with E-state index in [1.807, 2.05) is 50.2 Å². The van der Waals surface area contributed by atoms with E-state index in [4.69, 9.17) is 11.2 Å². The molecule has 9 nitrogen and oxygen atoms in total. The molecule has 0 spiro atoms. The van der Waals surface area contributed by atoms with Gasteiger partial charge < -0.3 is 20.1 Å². The Morgan fingerprint density at radius 1 is 1.03 bits per heavy atom. The van der Waals surface area contributed by atoms with Crippen LogP contribution in [0.15, 0.2) is 48.5 Å². The number of nitrogens with one attached hydrogen (secondary N) is 2. The SMILES string of the molecule is C#CN(C(=O)C(Cc1ccccc1)NC(=O)OC(C)(C)C)C(C(=O)NCC(=O)OC)c1cc(C)cc(C)c1. The number of hydrogen-bond donors (Lipinski definition) is 2. The molecule has 2 unspecified atom stereocenters. The van der Waals surface area contributed by atoms with Crippen LogP contribution in [0.25, 0.3) is 0 Å². The number of benzene rings is 2. The van der Waals surface area contributed by atoms with Gasteiger partial charge in [-0.1, -0.05) is 66.1 Å². The maximum Gasteiger partial charge on any atom is 0.408 e. The van der Waals surface area contributed by atoms with Crippen LogP contribution < -0.4 is 10.6 Å². The fourth-order valence-electron chi connectivity index (χ4n) is 3.85. The zero-order valence-corrected chi connectivity index (χ0v) is 22.7. The van der Waals surface area contributed by atoms with Gasteiger partial charge >= 0.3 is 12.1 Å². The van der Waals surface area contributed by atoms with E-state index in [2.05, 4.69) is 21.4 Å². The summed E-state index contributed by atoms with van der Waals surface area (Å²) in [6.07, 6.45) is 5.11. The minimum atomic E-state index is -1.28. The van der Waals surface area contributed by atoms with Crippen molar-refractivity contribution >= 4 is 23.9 Å². The van der Waals surface area contributed by atoms with Crippen molar-refractivity contribution in [3.05, 3.63) is 70.8 Å². The Kier molecular flexibility index (Phi) is 10.5. The molecule has 2 atom stereocenters. The predicted octanol–water partition coefficient (Wildman–Crippen LogP) is 3.19. The summed E-state index contributed by atoms with van der Waals surface area (Å²) < 4.78 is 9.98. The molecule has 0 heterocycles. The lowest BCUT2D eigenvalue weighted by Gasteiger charge is -2.30. The molecule has 2 aromatic rings. The number of alkyl carbamates (subject to hydrolysis) is 1. The van der Waals surface area contributed by atoms with E-state index >= 15 is 0 Å². The lowest BCUT2D eigenvalue weighted by atomic mass is 9.98. The third-order valence-electron chi connectivity index (χ3n) is 5.35. The van der Waals surface area contributed by atoms with Gasteiger partial charge in [-0.2, -0.15) is 0 Å². The Labute approximate surface area is 223 Å². The fraction of sp³-hybridized carbons (Fsp3) is 0.379. The van der Waals surface area contributed by atoms with Crippen molar-refractivity contribution in [2.24, 2.45) is 0 Å². The van der Waals surface area contributed by atoms with Gasteiger partial charge in [-0.25, -0.2) is 4.79 Å². The van der Waals surface area contributed by atoms with Crippen molar-refractivity contribution in [1.29, 1.82) is 0 Å². The van der Waals surface area contributed by atoms with Gasteiger partial charge in [0.2, 0.25) is 5.91 Å². The summed E-state index contributed by atoms with van der Waals surface area (Å²) in [6.45, 7) is 8.41. The lowest BCUT2D eigenvalue weighted by Crippen LogP contribution is -2.52. The number of esters is 1. The average molecular weight is 522 g/mol. The maximum absolute atomic E-state index is 13.9. The molecule has 2 rings (SSSR count). The molecule has 2 N–H and O–H groups in total. The molecule has 0 fully saturated rings. The molecule has 0 aliphatic heterocycles. The number of ether oxygens (including phenoxy) is 2. The summed E-state index contributed by atoms with van der Waals surface area (Å²) in [6, 6.07) is 14.3. The standard InChI is InChI=1S/C29H35N3O6/c1-8-32(25(26(34)30-18-24(33)37-7)22-15-19(2)14-20(3)16-22)27(35)23(17-21-12-10-9-11-13-21)31-28(36)38-29(4,5)6/h1,9-16,23,25H,17-18H2,2-7H3,(H,30,34)(H,31,36).